The Morgan fingerprint density at radius 1 is 1.35 bits per heavy atom. The van der Waals surface area contributed by atoms with Crippen LogP contribution in [0.3, 0.4) is 0 Å². The van der Waals surface area contributed by atoms with Gasteiger partial charge in [0.25, 0.3) is 5.91 Å². The highest BCUT2D eigenvalue weighted by atomic mass is 32.1. The van der Waals surface area contributed by atoms with E-state index in [9.17, 15) is 4.79 Å². The van der Waals surface area contributed by atoms with E-state index in [0.29, 0.717) is 6.04 Å². The number of carbonyl (C=O) groups excluding carboxylic acids is 1. The average Bonchev–Trinajstić information content (AvgIpc) is 3.45. The fourth-order valence-electron chi connectivity index (χ4n) is 4.34. The molecule has 1 atom stereocenters. The normalized spacial score (nSPS) is 17.3. The molecule has 1 unspecified atom stereocenters. The second-order valence-corrected chi connectivity index (χ2v) is 8.79. The Morgan fingerprint density at radius 3 is 2.97 bits per heavy atom. The third-order valence-electron chi connectivity index (χ3n) is 5.82. The van der Waals surface area contributed by atoms with Crippen molar-refractivity contribution < 1.29 is 10.0 Å². The van der Waals surface area contributed by atoms with Crippen molar-refractivity contribution in [3.63, 3.8) is 0 Å². The van der Waals surface area contributed by atoms with Gasteiger partial charge < -0.3 is 9.47 Å². The van der Waals surface area contributed by atoms with Gasteiger partial charge in [-0.25, -0.2) is 10.5 Å². The van der Waals surface area contributed by atoms with Gasteiger partial charge in [0, 0.05) is 24.2 Å². The van der Waals surface area contributed by atoms with Crippen LogP contribution in [0.2, 0.25) is 0 Å². The van der Waals surface area contributed by atoms with Crippen LogP contribution in [-0.2, 0) is 4.79 Å². The molecule has 3 aromatic rings. The number of likely N-dealkylation sites (tertiary alicyclic amines) is 1. The lowest BCUT2D eigenvalue weighted by molar-refractivity contribution is -0.124. The Balaban J connectivity index is 1.81. The molecule has 0 bridgehead atoms. The van der Waals surface area contributed by atoms with Crippen LogP contribution in [0.15, 0.2) is 47.9 Å². The summed E-state index contributed by atoms with van der Waals surface area (Å²) in [5, 5.41) is 10.8. The minimum Gasteiger partial charge on any atom is -0.319 e. The first-order valence-electron chi connectivity index (χ1n) is 10.7. The van der Waals surface area contributed by atoms with Gasteiger partial charge in [0.2, 0.25) is 0 Å². The summed E-state index contributed by atoms with van der Waals surface area (Å²) < 4.78 is 2.44. The minimum atomic E-state index is -0.551. The van der Waals surface area contributed by atoms with Gasteiger partial charge in [-0.2, -0.15) is 0 Å². The predicted molar refractivity (Wildman–Crippen MR) is 125 cm³/mol. The molecule has 0 aliphatic carbocycles. The molecule has 4 rings (SSSR count). The number of hydrogen-bond acceptors (Lipinski definition) is 5. The topological polar surface area (TPSA) is 70.4 Å². The van der Waals surface area contributed by atoms with Crippen molar-refractivity contribution in [2.24, 2.45) is 0 Å². The highest BCUT2D eigenvalue weighted by Gasteiger charge is 2.27. The van der Waals surface area contributed by atoms with Crippen molar-refractivity contribution in [1.82, 2.24) is 19.9 Å². The van der Waals surface area contributed by atoms with E-state index in [0.717, 1.165) is 48.7 Å². The zero-order chi connectivity index (χ0) is 21.8. The van der Waals surface area contributed by atoms with Crippen LogP contribution in [-0.4, -0.2) is 45.2 Å². The lowest BCUT2D eigenvalue weighted by Crippen LogP contribution is -2.36. The molecule has 6 nitrogen and oxygen atoms in total. The number of piperidine rings is 1. The van der Waals surface area contributed by atoms with E-state index < -0.39 is 5.91 Å². The largest absolute Gasteiger partial charge is 0.319 e. The number of hydroxylamine groups is 1. The van der Waals surface area contributed by atoms with Gasteiger partial charge in [0.05, 0.1) is 16.3 Å². The molecule has 2 aromatic heterocycles. The third-order valence-corrected chi connectivity index (χ3v) is 6.69. The lowest BCUT2D eigenvalue weighted by atomic mass is 10.0. The monoisotopic (exact) mass is 436 g/mol. The molecule has 0 spiro atoms. The maximum atomic E-state index is 11.4. The Hall–Kier alpha value is -2.74. The highest BCUT2D eigenvalue weighted by Crippen LogP contribution is 2.38. The predicted octanol–water partition coefficient (Wildman–Crippen LogP) is 4.76. The molecular weight excluding hydrogens is 408 g/mol. The third kappa shape index (κ3) is 4.63. The number of imidazole rings is 1. The summed E-state index contributed by atoms with van der Waals surface area (Å²) in [5.74, 6) is 0.412. The average molecular weight is 437 g/mol. The quantitative estimate of drug-likeness (QED) is 0.332. The van der Waals surface area contributed by atoms with Crippen LogP contribution >= 0.6 is 11.3 Å². The van der Waals surface area contributed by atoms with Crippen molar-refractivity contribution in [2.45, 2.75) is 32.7 Å². The fourth-order valence-corrected chi connectivity index (χ4v) is 5.15. The molecule has 3 heterocycles. The van der Waals surface area contributed by atoms with E-state index >= 15 is 0 Å². The summed E-state index contributed by atoms with van der Waals surface area (Å²) in [7, 11) is 0. The highest BCUT2D eigenvalue weighted by molar-refractivity contribution is 7.13. The number of aryl methyl sites for hydroxylation is 1. The molecule has 1 amide bonds. The molecular formula is C24H28N4O2S. The lowest BCUT2D eigenvalue weighted by Gasteiger charge is -2.34. The SMILES string of the molecule is CCN1CCCC(n2c(-c3cccc(C=CC(=O)NO)c3)nc(C)c2-c2cccs2)C1. The summed E-state index contributed by atoms with van der Waals surface area (Å²) >= 11 is 1.75. The summed E-state index contributed by atoms with van der Waals surface area (Å²) in [6.07, 6.45) is 5.31. The van der Waals surface area contributed by atoms with E-state index in [4.69, 9.17) is 10.2 Å². The van der Waals surface area contributed by atoms with Gasteiger partial charge in [0.1, 0.15) is 5.82 Å². The van der Waals surface area contributed by atoms with Crippen LogP contribution in [0.5, 0.6) is 0 Å². The van der Waals surface area contributed by atoms with Crippen LogP contribution in [0.25, 0.3) is 28.0 Å². The molecule has 1 aromatic carbocycles. The number of thiophene rings is 1. The maximum Gasteiger partial charge on any atom is 0.267 e. The van der Waals surface area contributed by atoms with Crippen LogP contribution in [0.1, 0.15) is 37.1 Å². The first-order valence-corrected chi connectivity index (χ1v) is 11.6. The molecule has 1 aliphatic heterocycles. The van der Waals surface area contributed by atoms with Crippen LogP contribution < -0.4 is 5.48 Å². The second-order valence-electron chi connectivity index (χ2n) is 7.84. The van der Waals surface area contributed by atoms with E-state index in [1.54, 1.807) is 22.9 Å². The minimum absolute atomic E-state index is 0.362. The van der Waals surface area contributed by atoms with Crippen LogP contribution in [0.4, 0.5) is 0 Å². The van der Waals surface area contributed by atoms with E-state index in [2.05, 4.69) is 46.9 Å². The molecule has 1 aliphatic rings. The van der Waals surface area contributed by atoms with Crippen molar-refractivity contribution >= 4 is 23.3 Å². The maximum absolute atomic E-state index is 11.4. The van der Waals surface area contributed by atoms with Gasteiger partial charge in [-0.1, -0.05) is 31.2 Å². The number of aromatic nitrogens is 2. The van der Waals surface area contributed by atoms with Gasteiger partial charge in [0.15, 0.2) is 0 Å². The molecule has 162 valence electrons. The van der Waals surface area contributed by atoms with Crippen molar-refractivity contribution in [3.8, 4) is 22.0 Å². The summed E-state index contributed by atoms with van der Waals surface area (Å²) in [5.41, 5.74) is 5.76. The zero-order valence-electron chi connectivity index (χ0n) is 17.9. The molecule has 0 saturated carbocycles. The van der Waals surface area contributed by atoms with Crippen molar-refractivity contribution in [3.05, 3.63) is 59.1 Å². The summed E-state index contributed by atoms with van der Waals surface area (Å²) in [6, 6.07) is 12.6. The Labute approximate surface area is 186 Å². The van der Waals surface area contributed by atoms with Gasteiger partial charge in [-0.15, -0.1) is 11.3 Å². The fraction of sp³-hybridized carbons (Fsp3) is 0.333. The number of nitrogens with zero attached hydrogens (tertiary/aromatic N) is 3. The molecule has 1 saturated heterocycles. The number of hydrogen-bond donors (Lipinski definition) is 2. The van der Waals surface area contributed by atoms with E-state index in [1.807, 2.05) is 18.2 Å². The molecule has 7 heteroatoms. The Morgan fingerprint density at radius 2 is 2.23 bits per heavy atom. The Kier molecular flexibility index (Phi) is 6.65. The molecule has 2 N–H and O–H groups in total. The summed E-state index contributed by atoms with van der Waals surface area (Å²) in [6.45, 7) is 7.54. The smallest absolute Gasteiger partial charge is 0.267 e. The van der Waals surface area contributed by atoms with Crippen LogP contribution in [0, 0.1) is 6.92 Å². The van der Waals surface area contributed by atoms with Gasteiger partial charge >= 0.3 is 0 Å². The van der Waals surface area contributed by atoms with Gasteiger partial charge in [-0.05, 0) is 62.0 Å². The molecule has 31 heavy (non-hydrogen) atoms. The van der Waals surface area contributed by atoms with Crippen molar-refractivity contribution in [1.29, 1.82) is 0 Å². The first kappa shape index (κ1) is 21.5. The number of amides is 1. The second kappa shape index (κ2) is 9.60. The number of benzene rings is 1. The van der Waals surface area contributed by atoms with Gasteiger partial charge in [-0.3, -0.25) is 10.0 Å². The first-order chi connectivity index (χ1) is 15.1. The number of rotatable bonds is 6. The Bertz CT molecular complexity index is 1070. The standard InChI is InChI=1S/C24H28N4O2S/c1-3-27-13-5-9-20(16-27)28-23(21-10-6-14-31-21)17(2)25-24(28)19-8-4-7-18(15-19)11-12-22(29)26-30/h4,6-8,10-12,14-15,20,30H,3,5,9,13,16H2,1-2H3,(H,26,29). The number of likely N-dealkylation sites (N-methyl/N-ethyl adjacent to an activating group) is 1. The summed E-state index contributed by atoms with van der Waals surface area (Å²) in [4.78, 5) is 20.1. The number of nitrogens with one attached hydrogen (secondary N) is 1. The van der Waals surface area contributed by atoms with E-state index in [1.165, 1.54) is 23.1 Å². The number of carbonyl (C=O) groups is 1. The van der Waals surface area contributed by atoms with E-state index in [-0.39, 0.29) is 0 Å². The van der Waals surface area contributed by atoms with Crippen molar-refractivity contribution in [2.75, 3.05) is 19.6 Å². The molecule has 0 radical (unpaired) electrons. The molecule has 1 fully saturated rings. The zero-order valence-corrected chi connectivity index (χ0v) is 18.7.